The molecule has 0 aromatic rings. The Bertz CT molecular complexity index is 8.00. The molecule has 0 fully saturated rings. The third-order valence-electron chi connectivity index (χ3n) is 0. The van der Waals surface area contributed by atoms with Crippen LogP contribution < -0.4 is 0 Å². The third kappa shape index (κ3) is 8.90. The zero-order valence-corrected chi connectivity index (χ0v) is 7.90. The van der Waals surface area contributed by atoms with Gasteiger partial charge < -0.3 is 0 Å². The fourth-order valence-corrected chi connectivity index (χ4v) is 0. The second-order valence-corrected chi connectivity index (χ2v) is 0. The Morgan fingerprint density at radius 1 is 1.00 bits per heavy atom. The molecule has 1 radical (unpaired) electrons. The van der Waals surface area contributed by atoms with Gasteiger partial charge in [0.25, 0.3) is 0 Å². The Morgan fingerprint density at radius 3 is 1.00 bits per heavy atom. The fourth-order valence-electron chi connectivity index (χ4n) is 0. The van der Waals surface area contributed by atoms with E-state index in [1.165, 1.54) is 0 Å². The molecule has 0 atom stereocenters. The van der Waals surface area contributed by atoms with Gasteiger partial charge in [0.1, 0.15) is 0 Å². The molecule has 29 valence electrons. The first kappa shape index (κ1) is 35.0. The van der Waals surface area contributed by atoms with E-state index in [0.29, 0.717) is 0 Å². The van der Waals surface area contributed by atoms with E-state index < -0.39 is 0 Å². The largest absolute Gasteiger partial charge is 0 e. The van der Waals surface area contributed by atoms with Gasteiger partial charge in [-0.15, -0.1) is 0 Å². The molecule has 0 aliphatic rings. The van der Waals surface area contributed by atoms with Crippen molar-refractivity contribution in [3.63, 3.8) is 0 Å². The summed E-state index contributed by atoms with van der Waals surface area (Å²) in [6, 6.07) is 0. The van der Waals surface area contributed by atoms with Crippen molar-refractivity contribution in [1.82, 2.24) is 0 Å². The van der Waals surface area contributed by atoms with Crippen molar-refractivity contribution in [1.29, 1.82) is 0 Å². The molecule has 0 N–H and O–H groups in total. The van der Waals surface area contributed by atoms with Gasteiger partial charge in [0.15, 0.2) is 0 Å². The molecule has 0 heterocycles. The molecule has 4 heavy (non-hydrogen) atoms. The van der Waals surface area contributed by atoms with Crippen LogP contribution in [0.3, 0.4) is 0 Å². The molecule has 0 bridgehead atoms. The van der Waals surface area contributed by atoms with Gasteiger partial charge in [-0.25, -0.2) is 0 Å². The quantitative estimate of drug-likeness (QED) is 0.522. The van der Waals surface area contributed by atoms with Gasteiger partial charge in [-0.05, 0) is 0 Å². The summed E-state index contributed by atoms with van der Waals surface area (Å²) in [4.78, 5) is 0. The van der Waals surface area contributed by atoms with E-state index in [2.05, 4.69) is 0 Å². The van der Waals surface area contributed by atoms with E-state index in [0.717, 1.165) is 0 Å². The summed E-state index contributed by atoms with van der Waals surface area (Å²) in [7, 11) is 0. The molecule has 0 saturated carbocycles. The molecule has 0 nitrogen and oxygen atoms in total. The molecule has 0 amide bonds. The third-order valence-corrected chi connectivity index (χ3v) is 0. The van der Waals surface area contributed by atoms with E-state index in [4.69, 9.17) is 0 Å². The maximum Gasteiger partial charge on any atom is 0 e. The zero-order valence-electron chi connectivity index (χ0n) is 1.73. The van der Waals surface area contributed by atoms with Crippen molar-refractivity contribution in [2.24, 2.45) is 0 Å². The van der Waals surface area contributed by atoms with Crippen molar-refractivity contribution in [3.05, 3.63) is 0 Å². The van der Waals surface area contributed by atoms with Gasteiger partial charge >= 0.3 is 0 Å². The summed E-state index contributed by atoms with van der Waals surface area (Å²) < 4.78 is 0. The Kier molecular flexibility index (Phi) is 167. The summed E-state index contributed by atoms with van der Waals surface area (Å²) >= 11 is 0. The minimum atomic E-state index is 0. The van der Waals surface area contributed by atoms with Crippen LogP contribution in [0.4, 0.5) is 0 Å². The molecule has 4 heteroatoms. The van der Waals surface area contributed by atoms with Gasteiger partial charge in [-0.3, -0.25) is 0 Å². The molecule has 0 unspecified atom stereocenters. The van der Waals surface area contributed by atoms with E-state index in [-0.39, 0.29) is 70.4 Å². The van der Waals surface area contributed by atoms with Crippen LogP contribution in [0.25, 0.3) is 0 Å². The minimum absolute atomic E-state index is 0. The van der Waals surface area contributed by atoms with Gasteiger partial charge in [0.05, 0.1) is 0 Å². The summed E-state index contributed by atoms with van der Waals surface area (Å²) in [5.74, 6) is 0. The molecular formula is CrCuNiZn. The van der Waals surface area contributed by atoms with Crippen LogP contribution in [-0.2, 0) is 70.4 Å². The van der Waals surface area contributed by atoms with Gasteiger partial charge in [0.2, 0.25) is 0 Å². The SMILES string of the molecule is [Cr].[Cu].[Ni].[Zn]. The van der Waals surface area contributed by atoms with Gasteiger partial charge in [0, 0.05) is 70.4 Å². The monoisotopic (exact) mass is 237 g/mol. The molecule has 0 aliphatic heterocycles. The predicted molar refractivity (Wildman–Crippen MR) is 0 cm³/mol. The number of hydrogen-bond acceptors (Lipinski definition) is 0. The van der Waals surface area contributed by atoms with Crippen LogP contribution in [0.2, 0.25) is 0 Å². The molecule has 0 aliphatic carbocycles. The molecule has 0 spiro atoms. The average molecular weight is 240 g/mol. The van der Waals surface area contributed by atoms with Crippen molar-refractivity contribution >= 4 is 0 Å². The smallest absolute Gasteiger partial charge is 0 e. The van der Waals surface area contributed by atoms with Gasteiger partial charge in [-0.1, -0.05) is 0 Å². The second kappa shape index (κ2) is 19.1. The van der Waals surface area contributed by atoms with Crippen molar-refractivity contribution in [3.8, 4) is 0 Å². The van der Waals surface area contributed by atoms with Gasteiger partial charge in [-0.2, -0.15) is 0 Å². The van der Waals surface area contributed by atoms with Crippen LogP contribution in [0.5, 0.6) is 0 Å². The van der Waals surface area contributed by atoms with E-state index in [1.807, 2.05) is 0 Å². The summed E-state index contributed by atoms with van der Waals surface area (Å²) in [6.07, 6.45) is 0. The van der Waals surface area contributed by atoms with Crippen molar-refractivity contribution < 1.29 is 70.4 Å². The molecule has 0 rings (SSSR count). The Labute approximate surface area is 69.8 Å². The van der Waals surface area contributed by atoms with Crippen LogP contribution in [-0.4, -0.2) is 0 Å². The average Bonchev–Trinajstić information content (AvgIpc) is 0. The Morgan fingerprint density at radius 2 is 1.00 bits per heavy atom. The van der Waals surface area contributed by atoms with Crippen molar-refractivity contribution in [2.75, 3.05) is 0 Å². The van der Waals surface area contributed by atoms with Crippen LogP contribution in [0, 0.1) is 0 Å². The summed E-state index contributed by atoms with van der Waals surface area (Å²) in [6.45, 7) is 0. The van der Waals surface area contributed by atoms with Crippen LogP contribution in [0.15, 0.2) is 0 Å². The standard InChI is InChI=1S/Cr.Cu.Ni.Zn. The summed E-state index contributed by atoms with van der Waals surface area (Å²) in [5, 5.41) is 0. The Balaban J connectivity index is 0. The molecule has 0 aromatic heterocycles. The fraction of sp³-hybridized carbons (Fsp3) is 0. The topological polar surface area (TPSA) is 0 Å². The van der Waals surface area contributed by atoms with Crippen molar-refractivity contribution in [2.45, 2.75) is 0 Å². The molecule has 0 saturated heterocycles. The predicted octanol–water partition coefficient (Wildman–Crippen LogP) is -0.0100. The molecule has 0 aromatic carbocycles. The second-order valence-electron chi connectivity index (χ2n) is 0. The van der Waals surface area contributed by atoms with Crippen LogP contribution >= 0.6 is 0 Å². The maximum atomic E-state index is 0. The van der Waals surface area contributed by atoms with E-state index in [9.17, 15) is 0 Å². The Hall–Kier alpha value is 2.17. The van der Waals surface area contributed by atoms with E-state index >= 15 is 0 Å². The maximum absolute atomic E-state index is 0. The zero-order chi connectivity index (χ0) is 0. The first-order valence-corrected chi connectivity index (χ1v) is 0. The minimum Gasteiger partial charge on any atom is 0 e. The first-order chi connectivity index (χ1) is 0. The normalized spacial score (nSPS) is 0. The molecular weight excluding hydrogens is 240 g/mol. The number of rotatable bonds is 0. The first-order valence-electron chi connectivity index (χ1n) is 0. The van der Waals surface area contributed by atoms with Crippen LogP contribution in [0.1, 0.15) is 0 Å². The van der Waals surface area contributed by atoms with E-state index in [1.54, 1.807) is 0 Å². The summed E-state index contributed by atoms with van der Waals surface area (Å²) in [5.41, 5.74) is 0. The number of hydrogen-bond donors (Lipinski definition) is 0.